The molecule has 2 aromatic heterocycles. The number of rotatable bonds is 2. The highest BCUT2D eigenvalue weighted by Crippen LogP contribution is 2.40. The highest BCUT2D eigenvalue weighted by atomic mass is 16.3. The largest absolute Gasteiger partial charge is 0.461 e. The van der Waals surface area contributed by atoms with Crippen molar-refractivity contribution in [3.63, 3.8) is 0 Å². The van der Waals surface area contributed by atoms with Gasteiger partial charge in [0.15, 0.2) is 0 Å². The maximum atomic E-state index is 12.0. The third-order valence-electron chi connectivity index (χ3n) is 5.14. The molecule has 0 saturated carbocycles. The molecule has 6 heteroatoms. The Hall–Kier alpha value is -3.59. The fraction of sp³-hybridized carbons (Fsp3) is 0.227. The number of pyridine rings is 1. The standard InChI is InChI=1S/C22H20N4O2/c1-13-7-8-20(28-13)15-5-3-4-6-16(15)21-17(11-23)22(24)25-19-9-10-26(14(2)27)12-18(19)21/h3-8H,9-10,12H2,1-2H3,(H2,24,25). The molecule has 0 spiro atoms. The number of aromatic nitrogens is 1. The van der Waals surface area contributed by atoms with Gasteiger partial charge in [0.05, 0.1) is 5.69 Å². The topological polar surface area (TPSA) is 96.1 Å². The van der Waals surface area contributed by atoms with E-state index in [-0.39, 0.29) is 11.7 Å². The van der Waals surface area contributed by atoms with Gasteiger partial charge in [0.1, 0.15) is 29.0 Å². The molecule has 0 atom stereocenters. The second kappa shape index (κ2) is 6.86. The van der Waals surface area contributed by atoms with Crippen LogP contribution in [0.2, 0.25) is 0 Å². The molecule has 1 aromatic carbocycles. The molecule has 1 aliphatic rings. The Bertz CT molecular complexity index is 1120. The third-order valence-corrected chi connectivity index (χ3v) is 5.14. The number of hydrogen-bond acceptors (Lipinski definition) is 5. The quantitative estimate of drug-likeness (QED) is 0.740. The second-order valence-electron chi connectivity index (χ2n) is 6.93. The maximum Gasteiger partial charge on any atom is 0.219 e. The van der Waals surface area contributed by atoms with E-state index in [2.05, 4.69) is 11.1 Å². The summed E-state index contributed by atoms with van der Waals surface area (Å²) in [5, 5.41) is 9.83. The van der Waals surface area contributed by atoms with Crippen molar-refractivity contribution in [2.75, 3.05) is 12.3 Å². The Morgan fingerprint density at radius 3 is 2.64 bits per heavy atom. The normalized spacial score (nSPS) is 13.1. The molecule has 6 nitrogen and oxygen atoms in total. The van der Waals surface area contributed by atoms with Gasteiger partial charge in [-0.2, -0.15) is 5.26 Å². The van der Waals surface area contributed by atoms with Crippen LogP contribution in [0.4, 0.5) is 5.82 Å². The summed E-state index contributed by atoms with van der Waals surface area (Å²) in [5.41, 5.74) is 10.7. The lowest BCUT2D eigenvalue weighted by Crippen LogP contribution is -2.35. The summed E-state index contributed by atoms with van der Waals surface area (Å²) >= 11 is 0. The van der Waals surface area contributed by atoms with Gasteiger partial charge in [-0.3, -0.25) is 4.79 Å². The van der Waals surface area contributed by atoms with Crippen LogP contribution in [0.25, 0.3) is 22.5 Å². The van der Waals surface area contributed by atoms with Crippen LogP contribution in [-0.2, 0) is 17.8 Å². The number of carbonyl (C=O) groups excluding carboxylic acids is 1. The Morgan fingerprint density at radius 1 is 1.25 bits per heavy atom. The summed E-state index contributed by atoms with van der Waals surface area (Å²) in [6.07, 6.45) is 0.611. The zero-order valence-corrected chi connectivity index (χ0v) is 15.8. The molecule has 0 fully saturated rings. The minimum absolute atomic E-state index is 0.00174. The summed E-state index contributed by atoms with van der Waals surface area (Å²) < 4.78 is 5.84. The molecule has 3 heterocycles. The minimum atomic E-state index is 0.00174. The van der Waals surface area contributed by atoms with Crippen LogP contribution in [0.15, 0.2) is 40.8 Å². The SMILES string of the molecule is CC(=O)N1CCc2nc(N)c(C#N)c(-c3ccccc3-c3ccc(C)o3)c2C1. The Kier molecular flexibility index (Phi) is 4.36. The van der Waals surface area contributed by atoms with E-state index in [1.54, 1.807) is 11.8 Å². The van der Waals surface area contributed by atoms with Gasteiger partial charge in [-0.1, -0.05) is 24.3 Å². The van der Waals surface area contributed by atoms with E-state index < -0.39 is 0 Å². The summed E-state index contributed by atoms with van der Waals surface area (Å²) in [6.45, 7) is 4.45. The number of aryl methyl sites for hydroxylation is 1. The molecule has 4 rings (SSSR count). The van der Waals surface area contributed by atoms with Crippen molar-refractivity contribution in [2.45, 2.75) is 26.8 Å². The molecule has 0 saturated heterocycles. The van der Waals surface area contributed by atoms with Gasteiger partial charge in [0.2, 0.25) is 5.91 Å². The molecule has 0 bridgehead atoms. The van der Waals surface area contributed by atoms with E-state index in [1.807, 2.05) is 43.3 Å². The van der Waals surface area contributed by atoms with Crippen LogP contribution in [0.5, 0.6) is 0 Å². The lowest BCUT2D eigenvalue weighted by atomic mass is 9.88. The van der Waals surface area contributed by atoms with Gasteiger partial charge in [0, 0.05) is 43.1 Å². The van der Waals surface area contributed by atoms with E-state index in [1.165, 1.54) is 0 Å². The number of nitrogens with two attached hydrogens (primary N) is 1. The first-order chi connectivity index (χ1) is 13.5. The first-order valence-corrected chi connectivity index (χ1v) is 9.12. The summed E-state index contributed by atoms with van der Waals surface area (Å²) in [7, 11) is 0. The van der Waals surface area contributed by atoms with E-state index in [4.69, 9.17) is 10.2 Å². The van der Waals surface area contributed by atoms with Crippen molar-refractivity contribution in [2.24, 2.45) is 0 Å². The molecule has 2 N–H and O–H groups in total. The molecule has 3 aromatic rings. The number of amides is 1. The van der Waals surface area contributed by atoms with Crippen LogP contribution >= 0.6 is 0 Å². The monoisotopic (exact) mass is 372 g/mol. The van der Waals surface area contributed by atoms with Crippen LogP contribution in [0.1, 0.15) is 29.5 Å². The molecule has 140 valence electrons. The number of anilines is 1. The highest BCUT2D eigenvalue weighted by molar-refractivity contribution is 5.89. The average Bonchev–Trinajstić information content (AvgIpc) is 3.12. The number of fused-ring (bicyclic) bond motifs is 1. The summed E-state index contributed by atoms with van der Waals surface area (Å²) in [4.78, 5) is 18.2. The smallest absolute Gasteiger partial charge is 0.219 e. The fourth-order valence-electron chi connectivity index (χ4n) is 3.75. The summed E-state index contributed by atoms with van der Waals surface area (Å²) in [6, 6.07) is 13.8. The van der Waals surface area contributed by atoms with Crippen LogP contribution in [0, 0.1) is 18.3 Å². The minimum Gasteiger partial charge on any atom is -0.461 e. The lowest BCUT2D eigenvalue weighted by molar-refractivity contribution is -0.129. The molecule has 1 amide bonds. The van der Waals surface area contributed by atoms with E-state index >= 15 is 0 Å². The van der Waals surface area contributed by atoms with Gasteiger partial charge in [-0.05, 0) is 24.6 Å². The van der Waals surface area contributed by atoms with Crippen molar-refractivity contribution in [3.05, 3.63) is 59.0 Å². The number of furan rings is 1. The van der Waals surface area contributed by atoms with Gasteiger partial charge in [-0.15, -0.1) is 0 Å². The van der Waals surface area contributed by atoms with Crippen molar-refractivity contribution >= 4 is 11.7 Å². The molecule has 0 aliphatic carbocycles. The van der Waals surface area contributed by atoms with Crippen molar-refractivity contribution < 1.29 is 9.21 Å². The van der Waals surface area contributed by atoms with Crippen LogP contribution in [-0.4, -0.2) is 22.3 Å². The fourth-order valence-corrected chi connectivity index (χ4v) is 3.75. The molecule has 28 heavy (non-hydrogen) atoms. The number of nitrogen functional groups attached to an aromatic ring is 1. The average molecular weight is 372 g/mol. The number of nitriles is 1. The molecular weight excluding hydrogens is 352 g/mol. The Morgan fingerprint density at radius 2 is 2.00 bits per heavy atom. The Balaban J connectivity index is 2.00. The summed E-state index contributed by atoms with van der Waals surface area (Å²) in [5.74, 6) is 1.75. The zero-order valence-electron chi connectivity index (χ0n) is 15.8. The van der Waals surface area contributed by atoms with Gasteiger partial charge in [-0.25, -0.2) is 4.98 Å². The first kappa shape index (κ1) is 17.8. The van der Waals surface area contributed by atoms with Crippen LogP contribution in [0.3, 0.4) is 0 Å². The third kappa shape index (κ3) is 2.91. The number of benzene rings is 1. The number of hydrogen-bond donors (Lipinski definition) is 1. The van der Waals surface area contributed by atoms with Crippen molar-refractivity contribution in [1.29, 1.82) is 5.26 Å². The predicted molar refractivity (Wildman–Crippen MR) is 106 cm³/mol. The van der Waals surface area contributed by atoms with Gasteiger partial charge < -0.3 is 15.1 Å². The number of nitrogens with zero attached hydrogens (tertiary/aromatic N) is 3. The van der Waals surface area contributed by atoms with Crippen LogP contribution < -0.4 is 5.73 Å². The zero-order chi connectivity index (χ0) is 19.8. The van der Waals surface area contributed by atoms with Crippen molar-refractivity contribution in [3.8, 4) is 28.5 Å². The van der Waals surface area contributed by atoms with Gasteiger partial charge >= 0.3 is 0 Å². The van der Waals surface area contributed by atoms with Crippen molar-refractivity contribution in [1.82, 2.24) is 9.88 Å². The maximum absolute atomic E-state index is 12.0. The molecule has 1 aliphatic heterocycles. The molecular formula is C22H20N4O2. The van der Waals surface area contributed by atoms with E-state index in [9.17, 15) is 10.1 Å². The van der Waals surface area contributed by atoms with E-state index in [0.29, 0.717) is 25.1 Å². The lowest BCUT2D eigenvalue weighted by Gasteiger charge is -2.30. The number of carbonyl (C=O) groups is 1. The molecule has 0 unspecified atom stereocenters. The molecule has 0 radical (unpaired) electrons. The Labute approximate surface area is 163 Å². The van der Waals surface area contributed by atoms with E-state index in [0.717, 1.165) is 39.5 Å². The highest BCUT2D eigenvalue weighted by Gasteiger charge is 2.27. The first-order valence-electron chi connectivity index (χ1n) is 9.12. The predicted octanol–water partition coefficient (Wildman–Crippen LogP) is 3.68. The second-order valence-corrected chi connectivity index (χ2v) is 6.93. The van der Waals surface area contributed by atoms with Gasteiger partial charge in [0.25, 0.3) is 0 Å².